The van der Waals surface area contributed by atoms with Gasteiger partial charge in [0.05, 0.1) is 18.1 Å². The Labute approximate surface area is 114 Å². The second-order valence-electron chi connectivity index (χ2n) is 3.72. The van der Waals surface area contributed by atoms with E-state index < -0.39 is 36.5 Å². The summed E-state index contributed by atoms with van der Waals surface area (Å²) in [6, 6.07) is 0. The highest BCUT2D eigenvalue weighted by molar-refractivity contribution is 5.89. The molecular weight excluding hydrogens is 280 g/mol. The summed E-state index contributed by atoms with van der Waals surface area (Å²) in [5.74, 6) is -3.65. The first-order chi connectivity index (χ1) is 8.75. The molecule has 0 bridgehead atoms. The van der Waals surface area contributed by atoms with Gasteiger partial charge in [0.15, 0.2) is 0 Å². The first-order valence-electron chi connectivity index (χ1n) is 5.24. The van der Waals surface area contributed by atoms with Gasteiger partial charge in [0.1, 0.15) is 0 Å². The molecule has 0 unspecified atom stereocenters. The van der Waals surface area contributed by atoms with Gasteiger partial charge >= 0.3 is 11.9 Å². The van der Waals surface area contributed by atoms with Crippen LogP contribution in [0, 0.1) is 5.92 Å². The Morgan fingerprint density at radius 2 is 1.55 bits per heavy atom. The van der Waals surface area contributed by atoms with E-state index in [0.717, 1.165) is 0 Å². The van der Waals surface area contributed by atoms with Crippen LogP contribution in [0.5, 0.6) is 0 Å². The number of alkyl halides is 2. The minimum atomic E-state index is -2.58. The quantitative estimate of drug-likeness (QED) is 0.446. The van der Waals surface area contributed by atoms with E-state index in [0.29, 0.717) is 12.2 Å². The van der Waals surface area contributed by atoms with Crippen LogP contribution < -0.4 is 5.32 Å². The summed E-state index contributed by atoms with van der Waals surface area (Å²) in [6.07, 6.45) is -3.82. The second-order valence-corrected chi connectivity index (χ2v) is 3.72. The lowest BCUT2D eigenvalue weighted by molar-refractivity contribution is -0.134. The number of halogens is 2. The zero-order valence-electron chi connectivity index (χ0n) is 9.74. The molecule has 5 N–H and O–H groups in total. The molecule has 1 rings (SSSR count). The van der Waals surface area contributed by atoms with Crippen LogP contribution in [0.4, 0.5) is 8.78 Å². The molecule has 3 atom stereocenters. The van der Waals surface area contributed by atoms with E-state index in [1.165, 1.54) is 0 Å². The summed E-state index contributed by atoms with van der Waals surface area (Å²) in [5.41, 5.74) is 0. The van der Waals surface area contributed by atoms with Crippen LogP contribution in [0.1, 0.15) is 7.43 Å². The Morgan fingerprint density at radius 1 is 1.10 bits per heavy atom. The average molecular weight is 299 g/mol. The van der Waals surface area contributed by atoms with E-state index in [1.807, 2.05) is 0 Å². The van der Waals surface area contributed by atoms with Crippen molar-refractivity contribution >= 4 is 11.9 Å². The van der Waals surface area contributed by atoms with Crippen LogP contribution in [-0.2, 0) is 9.59 Å². The monoisotopic (exact) mass is 299 g/mol. The van der Waals surface area contributed by atoms with Crippen LogP contribution in [0.15, 0.2) is 12.2 Å². The topological polar surface area (TPSA) is 127 Å². The molecule has 1 saturated heterocycles. The fraction of sp³-hybridized carbons (Fsp3) is 0.636. The van der Waals surface area contributed by atoms with Crippen LogP contribution in [0.25, 0.3) is 0 Å². The molecule has 20 heavy (non-hydrogen) atoms. The molecule has 1 heterocycles. The van der Waals surface area contributed by atoms with E-state index >= 15 is 0 Å². The lowest BCUT2D eigenvalue weighted by Gasteiger charge is -2.31. The summed E-state index contributed by atoms with van der Waals surface area (Å²) >= 11 is 0. The first-order valence-corrected chi connectivity index (χ1v) is 5.24. The molecule has 0 saturated carbocycles. The van der Waals surface area contributed by atoms with Gasteiger partial charge in [-0.05, 0) is 0 Å². The summed E-state index contributed by atoms with van der Waals surface area (Å²) in [6.45, 7) is 0.250. The molecule has 0 aromatic carbocycles. The maximum atomic E-state index is 12.0. The Morgan fingerprint density at radius 3 is 1.85 bits per heavy atom. The number of aliphatic hydroxyl groups is 2. The number of carboxylic acid groups (broad SMARTS) is 2. The number of aliphatic carboxylic acids is 2. The number of piperidine rings is 1. The molecule has 1 fully saturated rings. The number of rotatable bonds is 3. The first kappa shape index (κ1) is 20.7. The van der Waals surface area contributed by atoms with Gasteiger partial charge in [0.2, 0.25) is 6.43 Å². The van der Waals surface area contributed by atoms with Gasteiger partial charge in [-0.2, -0.15) is 0 Å². The van der Waals surface area contributed by atoms with E-state index in [9.17, 15) is 18.4 Å². The maximum Gasteiger partial charge on any atom is 0.328 e. The number of hydrogen-bond acceptors (Lipinski definition) is 5. The third kappa shape index (κ3) is 8.51. The standard InChI is InChI=1S/C6H11F2NO2.C4H4O4.CH4/c7-6(8)3-1-9-2-4(10)5(3)11;5-3(6)1-2-4(7)8;/h3-6,9-11H,1-2H2;1-2H,(H,5,6)(H,7,8);1H4/b;2-1+;/t3-,4+,5+;;/m0../s1. The molecule has 1 aliphatic heterocycles. The van der Waals surface area contributed by atoms with Gasteiger partial charge in [-0.25, -0.2) is 18.4 Å². The Kier molecular flexibility index (Phi) is 10.6. The van der Waals surface area contributed by atoms with E-state index in [4.69, 9.17) is 20.4 Å². The predicted molar refractivity (Wildman–Crippen MR) is 65.5 cm³/mol. The zero-order chi connectivity index (χ0) is 15.0. The zero-order valence-corrected chi connectivity index (χ0v) is 9.74. The Balaban J connectivity index is 0. The minimum absolute atomic E-state index is 0. The maximum absolute atomic E-state index is 12.0. The number of hydrogen-bond donors (Lipinski definition) is 5. The van der Waals surface area contributed by atoms with Crippen molar-refractivity contribution < 1.29 is 38.8 Å². The molecule has 0 aliphatic carbocycles. The highest BCUT2D eigenvalue weighted by atomic mass is 19.3. The number of nitrogens with one attached hydrogen (secondary N) is 1. The van der Waals surface area contributed by atoms with Crippen LogP contribution in [-0.4, -0.2) is 64.1 Å². The molecule has 7 nitrogen and oxygen atoms in total. The van der Waals surface area contributed by atoms with Crippen molar-refractivity contribution in [3.63, 3.8) is 0 Å². The van der Waals surface area contributed by atoms with Crippen molar-refractivity contribution in [3.8, 4) is 0 Å². The molecular formula is C11H19F2NO6. The molecule has 9 heteroatoms. The van der Waals surface area contributed by atoms with Gasteiger partial charge < -0.3 is 25.7 Å². The van der Waals surface area contributed by atoms with Gasteiger partial charge in [0, 0.05) is 25.2 Å². The van der Waals surface area contributed by atoms with Crippen molar-refractivity contribution in [2.24, 2.45) is 5.92 Å². The van der Waals surface area contributed by atoms with E-state index in [1.54, 1.807) is 0 Å². The molecule has 0 spiro atoms. The largest absolute Gasteiger partial charge is 0.478 e. The molecule has 1 aliphatic rings. The smallest absolute Gasteiger partial charge is 0.328 e. The molecule has 0 aromatic heterocycles. The lowest BCUT2D eigenvalue weighted by Crippen LogP contribution is -2.52. The highest BCUT2D eigenvalue weighted by Gasteiger charge is 2.36. The summed E-state index contributed by atoms with van der Waals surface area (Å²) < 4.78 is 24.1. The van der Waals surface area contributed by atoms with Crippen LogP contribution in [0.3, 0.4) is 0 Å². The molecule has 118 valence electrons. The normalized spacial score (nSPS) is 25.6. The minimum Gasteiger partial charge on any atom is -0.478 e. The van der Waals surface area contributed by atoms with Gasteiger partial charge in [0.25, 0.3) is 0 Å². The van der Waals surface area contributed by atoms with Crippen molar-refractivity contribution in [1.82, 2.24) is 5.32 Å². The fourth-order valence-electron chi connectivity index (χ4n) is 1.31. The van der Waals surface area contributed by atoms with Crippen LogP contribution in [0.2, 0.25) is 0 Å². The van der Waals surface area contributed by atoms with E-state index in [2.05, 4.69) is 5.32 Å². The van der Waals surface area contributed by atoms with Crippen molar-refractivity contribution in [2.75, 3.05) is 13.1 Å². The Bertz CT molecular complexity index is 321. The van der Waals surface area contributed by atoms with E-state index in [-0.39, 0.29) is 20.5 Å². The van der Waals surface area contributed by atoms with Crippen molar-refractivity contribution in [1.29, 1.82) is 0 Å². The molecule has 0 aromatic rings. The lowest BCUT2D eigenvalue weighted by atomic mass is 9.94. The average Bonchev–Trinajstić information content (AvgIpc) is 2.30. The fourth-order valence-corrected chi connectivity index (χ4v) is 1.31. The SMILES string of the molecule is C.O=C(O)/C=C/C(=O)O.O[C@H]1[C@H](O)CNC[C@@H]1C(F)F. The number of carboxylic acids is 2. The number of β-amino-alcohol motifs (C(OH)–C–C–N with tert-alkyl or cyclic N) is 1. The summed E-state index contributed by atoms with van der Waals surface area (Å²) in [7, 11) is 0. The van der Waals surface area contributed by atoms with Crippen LogP contribution >= 0.6 is 0 Å². The molecule has 0 amide bonds. The highest BCUT2D eigenvalue weighted by Crippen LogP contribution is 2.18. The number of carbonyl (C=O) groups is 2. The third-order valence-electron chi connectivity index (χ3n) is 2.26. The summed E-state index contributed by atoms with van der Waals surface area (Å²) in [4.78, 5) is 19.1. The van der Waals surface area contributed by atoms with Crippen molar-refractivity contribution in [2.45, 2.75) is 26.1 Å². The molecule has 0 radical (unpaired) electrons. The van der Waals surface area contributed by atoms with Gasteiger partial charge in [-0.3, -0.25) is 0 Å². The van der Waals surface area contributed by atoms with Crippen molar-refractivity contribution in [3.05, 3.63) is 12.2 Å². The third-order valence-corrected chi connectivity index (χ3v) is 2.26. The Hall–Kier alpha value is -1.58. The second kappa shape index (κ2) is 10.2. The predicted octanol–water partition coefficient (Wildman–Crippen LogP) is -0.459. The van der Waals surface area contributed by atoms with Gasteiger partial charge in [-0.1, -0.05) is 7.43 Å². The van der Waals surface area contributed by atoms with Gasteiger partial charge in [-0.15, -0.1) is 0 Å². The summed E-state index contributed by atoms with van der Waals surface area (Å²) in [5, 5.41) is 36.2. The number of aliphatic hydroxyl groups excluding tert-OH is 2.